The fourth-order valence-electron chi connectivity index (χ4n) is 2.46. The summed E-state index contributed by atoms with van der Waals surface area (Å²) in [7, 11) is -3.33. The Morgan fingerprint density at radius 2 is 1.69 bits per heavy atom. The Labute approximate surface area is 154 Å². The van der Waals surface area contributed by atoms with Gasteiger partial charge in [0.1, 0.15) is 12.4 Å². The number of ether oxygens (including phenoxy) is 1. The lowest BCUT2D eigenvalue weighted by Gasteiger charge is -2.20. The van der Waals surface area contributed by atoms with Gasteiger partial charge in [0.05, 0.1) is 18.5 Å². The van der Waals surface area contributed by atoms with Gasteiger partial charge in [0.15, 0.2) is 0 Å². The normalized spacial score (nSPS) is 11.0. The minimum Gasteiger partial charge on any atom is -0.492 e. The van der Waals surface area contributed by atoms with Crippen LogP contribution in [0.4, 0.5) is 5.69 Å². The Balaban J connectivity index is 1.86. The quantitative estimate of drug-likeness (QED) is 0.719. The molecule has 2 aromatic carbocycles. The molecule has 1 amide bonds. The molecule has 0 aromatic heterocycles. The van der Waals surface area contributed by atoms with Crippen LogP contribution in [0.2, 0.25) is 0 Å². The number of carbonyl (C=O) groups excluding carboxylic acids is 1. The van der Waals surface area contributed by atoms with E-state index in [-0.39, 0.29) is 5.91 Å². The number of aryl methyl sites for hydroxylation is 1. The van der Waals surface area contributed by atoms with Gasteiger partial charge in [-0.3, -0.25) is 9.10 Å². The molecule has 7 heteroatoms. The SMILES string of the molecule is CCN(c1ccc(C(=O)NCCOc2ccc(C)cc2)cc1)S(C)(=O)=O. The number of benzene rings is 2. The predicted molar refractivity (Wildman–Crippen MR) is 103 cm³/mol. The lowest BCUT2D eigenvalue weighted by molar-refractivity contribution is 0.0947. The highest BCUT2D eigenvalue weighted by Gasteiger charge is 2.15. The van der Waals surface area contributed by atoms with Gasteiger partial charge in [-0.15, -0.1) is 0 Å². The lowest BCUT2D eigenvalue weighted by Crippen LogP contribution is -2.30. The van der Waals surface area contributed by atoms with E-state index >= 15 is 0 Å². The van der Waals surface area contributed by atoms with Crippen LogP contribution in [-0.2, 0) is 10.0 Å². The van der Waals surface area contributed by atoms with Crippen molar-refractivity contribution >= 4 is 21.6 Å². The molecule has 140 valence electrons. The second kappa shape index (κ2) is 8.71. The van der Waals surface area contributed by atoms with Crippen molar-refractivity contribution in [2.75, 3.05) is 30.3 Å². The van der Waals surface area contributed by atoms with Crippen molar-refractivity contribution in [3.63, 3.8) is 0 Å². The summed E-state index contributed by atoms with van der Waals surface area (Å²) < 4.78 is 30.3. The molecule has 0 aliphatic carbocycles. The Morgan fingerprint density at radius 3 is 2.23 bits per heavy atom. The number of sulfonamides is 1. The summed E-state index contributed by atoms with van der Waals surface area (Å²) in [5.41, 5.74) is 2.16. The fourth-order valence-corrected chi connectivity index (χ4v) is 3.43. The number of hydrogen-bond donors (Lipinski definition) is 1. The standard InChI is InChI=1S/C19H24N2O4S/c1-4-21(26(3,23)24)17-9-7-16(8-10-17)19(22)20-13-14-25-18-11-5-15(2)6-12-18/h5-12H,4,13-14H2,1-3H3,(H,20,22). The zero-order valence-electron chi connectivity index (χ0n) is 15.2. The van der Waals surface area contributed by atoms with Crippen LogP contribution < -0.4 is 14.4 Å². The first-order valence-electron chi connectivity index (χ1n) is 8.36. The topological polar surface area (TPSA) is 75.7 Å². The highest BCUT2D eigenvalue weighted by Crippen LogP contribution is 2.18. The molecule has 0 unspecified atom stereocenters. The average Bonchev–Trinajstić information content (AvgIpc) is 2.60. The van der Waals surface area contributed by atoms with Crippen LogP contribution in [0.1, 0.15) is 22.8 Å². The molecule has 0 aliphatic rings. The summed E-state index contributed by atoms with van der Waals surface area (Å²) in [6, 6.07) is 14.2. The van der Waals surface area contributed by atoms with E-state index in [9.17, 15) is 13.2 Å². The molecule has 0 bridgehead atoms. The van der Waals surface area contributed by atoms with Gasteiger partial charge in [0.25, 0.3) is 5.91 Å². The third kappa shape index (κ3) is 5.49. The van der Waals surface area contributed by atoms with Crippen LogP contribution in [0.3, 0.4) is 0 Å². The highest BCUT2D eigenvalue weighted by atomic mass is 32.2. The molecular weight excluding hydrogens is 352 g/mol. The zero-order valence-corrected chi connectivity index (χ0v) is 16.0. The van der Waals surface area contributed by atoms with Gasteiger partial charge in [-0.1, -0.05) is 17.7 Å². The van der Waals surface area contributed by atoms with Gasteiger partial charge in [-0.2, -0.15) is 0 Å². The molecule has 0 spiro atoms. The number of carbonyl (C=O) groups is 1. The Kier molecular flexibility index (Phi) is 6.63. The second-order valence-electron chi connectivity index (χ2n) is 5.89. The van der Waals surface area contributed by atoms with Gasteiger partial charge >= 0.3 is 0 Å². The highest BCUT2D eigenvalue weighted by molar-refractivity contribution is 7.92. The van der Waals surface area contributed by atoms with E-state index in [1.165, 1.54) is 4.31 Å². The summed E-state index contributed by atoms with van der Waals surface area (Å²) in [5.74, 6) is 0.529. The first kappa shape index (κ1) is 19.8. The van der Waals surface area contributed by atoms with Crippen molar-refractivity contribution in [2.24, 2.45) is 0 Å². The van der Waals surface area contributed by atoms with Crippen molar-refractivity contribution in [3.05, 3.63) is 59.7 Å². The van der Waals surface area contributed by atoms with Crippen LogP contribution in [-0.4, -0.2) is 40.3 Å². The summed E-state index contributed by atoms with van der Waals surface area (Å²) in [5, 5.41) is 2.78. The molecular formula is C19H24N2O4S. The molecule has 0 saturated carbocycles. The van der Waals surface area contributed by atoms with Crippen molar-refractivity contribution in [1.29, 1.82) is 0 Å². The number of nitrogens with zero attached hydrogens (tertiary/aromatic N) is 1. The van der Waals surface area contributed by atoms with Crippen LogP contribution in [0.25, 0.3) is 0 Å². The number of hydrogen-bond acceptors (Lipinski definition) is 4. The molecule has 6 nitrogen and oxygen atoms in total. The summed E-state index contributed by atoms with van der Waals surface area (Å²) in [6.07, 6.45) is 1.16. The zero-order chi connectivity index (χ0) is 19.2. The molecule has 2 rings (SSSR count). The Hall–Kier alpha value is -2.54. The number of anilines is 1. The lowest BCUT2D eigenvalue weighted by atomic mass is 10.2. The van der Waals surface area contributed by atoms with Crippen molar-refractivity contribution in [2.45, 2.75) is 13.8 Å². The molecule has 0 heterocycles. The molecule has 26 heavy (non-hydrogen) atoms. The molecule has 2 aromatic rings. The summed E-state index contributed by atoms with van der Waals surface area (Å²) >= 11 is 0. The maximum absolute atomic E-state index is 12.1. The van der Waals surface area contributed by atoms with E-state index in [2.05, 4.69) is 5.32 Å². The number of nitrogens with one attached hydrogen (secondary N) is 1. The smallest absolute Gasteiger partial charge is 0.251 e. The van der Waals surface area contributed by atoms with Gasteiger partial charge < -0.3 is 10.1 Å². The molecule has 0 aliphatic heterocycles. The molecule has 0 atom stereocenters. The molecule has 0 radical (unpaired) electrons. The van der Waals surface area contributed by atoms with Crippen molar-refractivity contribution in [3.8, 4) is 5.75 Å². The number of amides is 1. The second-order valence-corrected chi connectivity index (χ2v) is 7.80. The van der Waals surface area contributed by atoms with Gasteiger partial charge in [-0.25, -0.2) is 8.42 Å². The van der Waals surface area contributed by atoms with E-state index in [0.717, 1.165) is 17.6 Å². The average molecular weight is 376 g/mol. The summed E-state index contributed by atoms with van der Waals surface area (Å²) in [6.45, 7) is 4.84. The van der Waals surface area contributed by atoms with Gasteiger partial charge in [0, 0.05) is 12.1 Å². The molecule has 1 N–H and O–H groups in total. The van der Waals surface area contributed by atoms with Crippen molar-refractivity contribution in [1.82, 2.24) is 5.32 Å². The minimum absolute atomic E-state index is 0.230. The van der Waals surface area contributed by atoms with Crippen LogP contribution in [0.5, 0.6) is 5.75 Å². The Bertz CT molecular complexity index is 831. The van der Waals surface area contributed by atoms with Gasteiger partial charge in [-0.05, 0) is 50.2 Å². The minimum atomic E-state index is -3.33. The molecule has 0 saturated heterocycles. The predicted octanol–water partition coefficient (Wildman–Crippen LogP) is 2.59. The van der Waals surface area contributed by atoms with Gasteiger partial charge in [0.2, 0.25) is 10.0 Å². The van der Waals surface area contributed by atoms with Crippen LogP contribution in [0, 0.1) is 6.92 Å². The summed E-state index contributed by atoms with van der Waals surface area (Å²) in [4.78, 5) is 12.1. The third-order valence-corrected chi connectivity index (χ3v) is 5.05. The third-order valence-electron chi connectivity index (χ3n) is 3.78. The first-order chi connectivity index (χ1) is 12.3. The maximum atomic E-state index is 12.1. The van der Waals surface area contributed by atoms with Crippen LogP contribution in [0.15, 0.2) is 48.5 Å². The number of rotatable bonds is 8. The molecule has 0 fully saturated rings. The fraction of sp³-hybridized carbons (Fsp3) is 0.316. The maximum Gasteiger partial charge on any atom is 0.251 e. The largest absolute Gasteiger partial charge is 0.492 e. The first-order valence-corrected chi connectivity index (χ1v) is 10.2. The van der Waals surface area contributed by atoms with Crippen molar-refractivity contribution < 1.29 is 17.9 Å². The van der Waals surface area contributed by atoms with E-state index in [4.69, 9.17) is 4.74 Å². The van der Waals surface area contributed by atoms with E-state index in [1.807, 2.05) is 31.2 Å². The van der Waals surface area contributed by atoms with E-state index in [0.29, 0.717) is 30.9 Å². The Morgan fingerprint density at radius 1 is 1.08 bits per heavy atom. The van der Waals surface area contributed by atoms with E-state index < -0.39 is 10.0 Å². The van der Waals surface area contributed by atoms with E-state index in [1.54, 1.807) is 31.2 Å². The monoisotopic (exact) mass is 376 g/mol. The van der Waals surface area contributed by atoms with Crippen LogP contribution >= 0.6 is 0 Å².